The summed E-state index contributed by atoms with van der Waals surface area (Å²) in [7, 11) is 1.79. The predicted octanol–water partition coefficient (Wildman–Crippen LogP) is 2.28. The number of nitrogens with zero attached hydrogens (tertiary/aromatic N) is 2. The molecule has 96 valence electrons. The van der Waals surface area contributed by atoms with Gasteiger partial charge < -0.3 is 9.67 Å². The van der Waals surface area contributed by atoms with Gasteiger partial charge in [0.05, 0.1) is 6.10 Å². The monoisotopic (exact) mass is 252 g/mol. The van der Waals surface area contributed by atoms with Crippen LogP contribution in [-0.4, -0.2) is 14.7 Å². The fraction of sp³-hybridized carbons (Fsp3) is 0.308. The highest BCUT2D eigenvalue weighted by atomic mass is 19.1. The van der Waals surface area contributed by atoms with Crippen LogP contribution in [0.3, 0.4) is 0 Å². The van der Waals surface area contributed by atoms with Crippen LogP contribution in [0.25, 0.3) is 0 Å². The molecule has 0 bridgehead atoms. The van der Waals surface area contributed by atoms with Crippen molar-refractivity contribution in [2.45, 2.75) is 19.4 Å². The van der Waals surface area contributed by atoms with Crippen molar-refractivity contribution in [2.75, 3.05) is 0 Å². The zero-order valence-electron chi connectivity index (χ0n) is 10.2. The van der Waals surface area contributed by atoms with Crippen molar-refractivity contribution in [2.24, 2.45) is 7.05 Å². The van der Waals surface area contributed by atoms with Gasteiger partial charge in [-0.25, -0.2) is 13.8 Å². The molecule has 0 amide bonds. The number of aryl methyl sites for hydroxylation is 2. The maximum atomic E-state index is 13.6. The lowest BCUT2D eigenvalue weighted by Gasteiger charge is -2.13. The van der Waals surface area contributed by atoms with E-state index in [9.17, 15) is 13.9 Å². The third kappa shape index (κ3) is 2.41. The molecule has 18 heavy (non-hydrogen) atoms. The molecule has 1 atom stereocenters. The van der Waals surface area contributed by atoms with Crippen molar-refractivity contribution in [1.82, 2.24) is 9.55 Å². The number of hydrogen-bond acceptors (Lipinski definition) is 2. The van der Waals surface area contributed by atoms with E-state index in [1.54, 1.807) is 24.0 Å². The Morgan fingerprint density at radius 2 is 2.06 bits per heavy atom. The first-order valence-corrected chi connectivity index (χ1v) is 5.59. The average Bonchev–Trinajstić information content (AvgIpc) is 2.69. The average molecular weight is 252 g/mol. The minimum Gasteiger partial charge on any atom is -0.388 e. The van der Waals surface area contributed by atoms with E-state index in [0.717, 1.165) is 6.07 Å². The van der Waals surface area contributed by atoms with Crippen LogP contribution in [0.5, 0.6) is 0 Å². The Morgan fingerprint density at radius 1 is 1.33 bits per heavy atom. The van der Waals surface area contributed by atoms with Gasteiger partial charge >= 0.3 is 0 Å². The van der Waals surface area contributed by atoms with Crippen LogP contribution in [0, 0.1) is 18.6 Å². The molecule has 0 fully saturated rings. The zero-order chi connectivity index (χ0) is 13.3. The van der Waals surface area contributed by atoms with Gasteiger partial charge in [0.2, 0.25) is 0 Å². The summed E-state index contributed by atoms with van der Waals surface area (Å²) < 4.78 is 28.5. The van der Waals surface area contributed by atoms with Gasteiger partial charge in [0, 0.05) is 37.5 Å². The van der Waals surface area contributed by atoms with Crippen molar-refractivity contribution >= 4 is 0 Å². The summed E-state index contributed by atoms with van der Waals surface area (Å²) in [5, 5.41) is 10.00. The van der Waals surface area contributed by atoms with Gasteiger partial charge in [-0.1, -0.05) is 0 Å². The van der Waals surface area contributed by atoms with Crippen LogP contribution in [0.15, 0.2) is 24.5 Å². The van der Waals surface area contributed by atoms with E-state index < -0.39 is 17.7 Å². The highest BCUT2D eigenvalue weighted by Gasteiger charge is 2.17. The highest BCUT2D eigenvalue weighted by molar-refractivity contribution is 5.27. The van der Waals surface area contributed by atoms with E-state index in [-0.39, 0.29) is 12.0 Å². The second-order valence-electron chi connectivity index (χ2n) is 4.30. The normalized spacial score (nSPS) is 12.7. The summed E-state index contributed by atoms with van der Waals surface area (Å²) in [5.74, 6) is -0.705. The molecule has 0 saturated heterocycles. The van der Waals surface area contributed by atoms with Gasteiger partial charge in [-0.15, -0.1) is 0 Å². The summed E-state index contributed by atoms with van der Waals surface area (Å²) in [5.41, 5.74) is 0.405. The maximum absolute atomic E-state index is 13.6. The van der Waals surface area contributed by atoms with E-state index in [0.29, 0.717) is 11.4 Å². The van der Waals surface area contributed by atoms with Crippen molar-refractivity contribution in [3.63, 3.8) is 0 Å². The number of hydrogen-bond donors (Lipinski definition) is 1. The Balaban J connectivity index is 2.26. The van der Waals surface area contributed by atoms with Crippen LogP contribution >= 0.6 is 0 Å². The first-order valence-electron chi connectivity index (χ1n) is 5.59. The molecule has 0 aliphatic heterocycles. The van der Waals surface area contributed by atoms with Crippen molar-refractivity contribution in [3.8, 4) is 0 Å². The van der Waals surface area contributed by atoms with Crippen molar-refractivity contribution in [3.05, 3.63) is 53.1 Å². The van der Waals surface area contributed by atoms with E-state index in [1.165, 1.54) is 13.0 Å². The third-order valence-corrected chi connectivity index (χ3v) is 2.93. The Labute approximate surface area is 104 Å². The summed E-state index contributed by atoms with van der Waals surface area (Å²) in [4.78, 5) is 4.06. The van der Waals surface area contributed by atoms with Crippen molar-refractivity contribution < 1.29 is 13.9 Å². The van der Waals surface area contributed by atoms with Gasteiger partial charge in [-0.3, -0.25) is 0 Å². The minimum absolute atomic E-state index is 0.0944. The molecule has 3 nitrogen and oxygen atoms in total. The number of benzene rings is 1. The Bertz CT molecular complexity index is 566. The standard InChI is InChI=1S/C13H14F2N2O/c1-8-5-9(11(15)6-10(8)14)12(18)7-13-16-3-4-17(13)2/h3-6,12,18H,7H2,1-2H3. The SMILES string of the molecule is Cc1cc(C(O)Cc2nccn2C)c(F)cc1F. The Kier molecular flexibility index (Phi) is 3.43. The Morgan fingerprint density at radius 3 is 2.67 bits per heavy atom. The van der Waals surface area contributed by atoms with Gasteiger partial charge in [-0.05, 0) is 18.6 Å². The van der Waals surface area contributed by atoms with E-state index in [4.69, 9.17) is 0 Å². The quantitative estimate of drug-likeness (QED) is 0.910. The van der Waals surface area contributed by atoms with Crippen LogP contribution in [0.4, 0.5) is 8.78 Å². The van der Waals surface area contributed by atoms with E-state index in [2.05, 4.69) is 4.98 Å². The first-order chi connectivity index (χ1) is 8.49. The third-order valence-electron chi connectivity index (χ3n) is 2.93. The molecular formula is C13H14F2N2O. The Hall–Kier alpha value is -1.75. The van der Waals surface area contributed by atoms with E-state index in [1.807, 2.05) is 0 Å². The van der Waals surface area contributed by atoms with Crippen LogP contribution in [0.2, 0.25) is 0 Å². The molecule has 1 heterocycles. The number of aliphatic hydroxyl groups is 1. The summed E-state index contributed by atoms with van der Waals surface area (Å²) >= 11 is 0. The molecule has 0 saturated carbocycles. The summed E-state index contributed by atoms with van der Waals surface area (Å²) in [6, 6.07) is 2.13. The second kappa shape index (κ2) is 4.86. The van der Waals surface area contributed by atoms with Gasteiger partial charge in [0.1, 0.15) is 17.5 Å². The fourth-order valence-corrected chi connectivity index (χ4v) is 1.81. The van der Waals surface area contributed by atoms with Gasteiger partial charge in [-0.2, -0.15) is 0 Å². The molecule has 1 N–H and O–H groups in total. The molecule has 1 aromatic heterocycles. The summed E-state index contributed by atoms with van der Waals surface area (Å²) in [6.45, 7) is 1.53. The van der Waals surface area contributed by atoms with Crippen LogP contribution in [0.1, 0.15) is 23.1 Å². The first kappa shape index (κ1) is 12.7. The lowest BCUT2D eigenvalue weighted by molar-refractivity contribution is 0.170. The number of imidazole rings is 1. The molecule has 1 aromatic carbocycles. The lowest BCUT2D eigenvalue weighted by atomic mass is 10.0. The molecular weight excluding hydrogens is 238 g/mol. The van der Waals surface area contributed by atoms with Crippen LogP contribution < -0.4 is 0 Å². The number of rotatable bonds is 3. The maximum Gasteiger partial charge on any atom is 0.131 e. The fourth-order valence-electron chi connectivity index (χ4n) is 1.81. The van der Waals surface area contributed by atoms with E-state index >= 15 is 0 Å². The molecule has 0 radical (unpaired) electrons. The van der Waals surface area contributed by atoms with Gasteiger partial charge in [0.15, 0.2) is 0 Å². The number of aliphatic hydroxyl groups excluding tert-OH is 1. The molecule has 0 aliphatic carbocycles. The van der Waals surface area contributed by atoms with Crippen molar-refractivity contribution in [1.29, 1.82) is 0 Å². The molecule has 1 unspecified atom stereocenters. The topological polar surface area (TPSA) is 38.1 Å². The number of aromatic nitrogens is 2. The van der Waals surface area contributed by atoms with Gasteiger partial charge in [0.25, 0.3) is 0 Å². The molecule has 0 spiro atoms. The second-order valence-corrected chi connectivity index (χ2v) is 4.30. The highest BCUT2D eigenvalue weighted by Crippen LogP contribution is 2.23. The molecule has 2 rings (SSSR count). The zero-order valence-corrected chi connectivity index (χ0v) is 10.2. The largest absolute Gasteiger partial charge is 0.388 e. The smallest absolute Gasteiger partial charge is 0.131 e. The van der Waals surface area contributed by atoms with Crippen LogP contribution in [-0.2, 0) is 13.5 Å². The molecule has 2 aromatic rings. The predicted molar refractivity (Wildman–Crippen MR) is 63.0 cm³/mol. The summed E-state index contributed by atoms with van der Waals surface area (Å²) in [6.07, 6.45) is 2.50. The lowest BCUT2D eigenvalue weighted by Crippen LogP contribution is -2.09. The molecule has 5 heteroatoms. The molecule has 0 aliphatic rings. The minimum atomic E-state index is -1.04. The number of halogens is 2.